The zero-order valence-electron chi connectivity index (χ0n) is 5.00. The number of hydrogen-bond acceptors (Lipinski definition) is 2. The minimum Gasteiger partial charge on any atom is -0.358 e. The van der Waals surface area contributed by atoms with Crippen LogP contribution in [0.3, 0.4) is 0 Å². The van der Waals surface area contributed by atoms with Crippen molar-refractivity contribution in [2.45, 2.75) is 5.33 Å². The molecule has 0 saturated heterocycles. The highest BCUT2D eigenvalue weighted by Crippen LogP contribution is 2.17. The smallest absolute Gasteiger partial charge is 0.324 e. The van der Waals surface area contributed by atoms with Crippen LogP contribution in [-0.2, 0) is 5.33 Å². The first-order valence-corrected chi connectivity index (χ1v) is 3.74. The summed E-state index contributed by atoms with van der Waals surface area (Å²) >= 11 is 3.13. The summed E-state index contributed by atoms with van der Waals surface area (Å²) in [5.41, 5.74) is 0.671. The van der Waals surface area contributed by atoms with Gasteiger partial charge in [0.2, 0.25) is 0 Å². The summed E-state index contributed by atoms with van der Waals surface area (Å²) in [6, 6.07) is 1.67. The van der Waals surface area contributed by atoms with Gasteiger partial charge in [-0.2, -0.15) is 0 Å². The number of rotatable bonds is 2. The Morgan fingerprint density at radius 3 is 2.90 bits per heavy atom. The van der Waals surface area contributed by atoms with E-state index in [0.717, 1.165) is 0 Å². The lowest BCUT2D eigenvalue weighted by Gasteiger charge is -1.91. The number of nitrogens with one attached hydrogen (secondary N) is 1. The third-order valence-corrected chi connectivity index (χ3v) is 1.74. The second kappa shape index (κ2) is 2.83. The van der Waals surface area contributed by atoms with Crippen molar-refractivity contribution in [2.24, 2.45) is 0 Å². The molecule has 1 heterocycles. The maximum absolute atomic E-state index is 10.2. The molecule has 0 bridgehead atoms. The van der Waals surface area contributed by atoms with E-state index < -0.39 is 4.92 Å². The van der Waals surface area contributed by atoms with E-state index in [1.54, 1.807) is 12.3 Å². The Kier molecular flexibility index (Phi) is 2.06. The molecule has 0 spiro atoms. The first kappa shape index (κ1) is 7.27. The normalized spacial score (nSPS) is 9.70. The highest BCUT2D eigenvalue weighted by Gasteiger charge is 2.10. The van der Waals surface area contributed by atoms with E-state index in [9.17, 15) is 10.1 Å². The van der Waals surface area contributed by atoms with Crippen molar-refractivity contribution < 1.29 is 4.92 Å². The first-order chi connectivity index (χ1) is 4.75. The molecule has 0 aliphatic rings. The molecule has 10 heavy (non-hydrogen) atoms. The fraction of sp³-hybridized carbons (Fsp3) is 0.200. The zero-order chi connectivity index (χ0) is 7.56. The highest BCUT2D eigenvalue weighted by molar-refractivity contribution is 9.08. The van der Waals surface area contributed by atoms with Crippen molar-refractivity contribution in [1.29, 1.82) is 0 Å². The molecule has 1 aromatic heterocycles. The molecule has 0 atom stereocenters. The third-order valence-electron chi connectivity index (χ3n) is 1.14. The van der Waals surface area contributed by atoms with E-state index in [1.807, 2.05) is 0 Å². The van der Waals surface area contributed by atoms with Crippen LogP contribution in [0.25, 0.3) is 0 Å². The topological polar surface area (TPSA) is 58.9 Å². The molecule has 1 N–H and O–H groups in total. The van der Waals surface area contributed by atoms with Gasteiger partial charge in [0.1, 0.15) is 0 Å². The minimum atomic E-state index is -0.434. The molecule has 0 unspecified atom stereocenters. The molecular weight excluding hydrogens is 200 g/mol. The van der Waals surface area contributed by atoms with E-state index >= 15 is 0 Å². The van der Waals surface area contributed by atoms with Crippen LogP contribution in [0.2, 0.25) is 0 Å². The summed E-state index contributed by atoms with van der Waals surface area (Å²) < 4.78 is 0. The lowest BCUT2D eigenvalue weighted by Crippen LogP contribution is -1.90. The second-order valence-corrected chi connectivity index (χ2v) is 2.30. The summed E-state index contributed by atoms with van der Waals surface area (Å²) in [5, 5.41) is 10.7. The van der Waals surface area contributed by atoms with Gasteiger partial charge in [-0.15, -0.1) is 0 Å². The molecular formula is C5H5BrN2O2. The van der Waals surface area contributed by atoms with Crippen LogP contribution in [0.4, 0.5) is 5.82 Å². The molecule has 0 amide bonds. The zero-order valence-corrected chi connectivity index (χ0v) is 6.59. The number of aromatic amines is 1. The van der Waals surface area contributed by atoms with Gasteiger partial charge in [0.15, 0.2) is 0 Å². The Labute approximate surface area is 65.5 Å². The van der Waals surface area contributed by atoms with Crippen molar-refractivity contribution in [3.8, 4) is 0 Å². The molecule has 1 aromatic rings. The standard InChI is InChI=1S/C5H5BrN2O2/c6-3-4-1-2-7-5(4)8(9)10/h1-2,7H,3H2. The van der Waals surface area contributed by atoms with E-state index in [1.165, 1.54) is 0 Å². The number of alkyl halides is 1. The summed E-state index contributed by atoms with van der Waals surface area (Å²) in [6.45, 7) is 0. The molecule has 0 radical (unpaired) electrons. The van der Waals surface area contributed by atoms with Crippen molar-refractivity contribution in [2.75, 3.05) is 0 Å². The fourth-order valence-electron chi connectivity index (χ4n) is 0.671. The number of nitro groups is 1. The summed E-state index contributed by atoms with van der Waals surface area (Å²) in [6.07, 6.45) is 1.55. The maximum atomic E-state index is 10.2. The highest BCUT2D eigenvalue weighted by atomic mass is 79.9. The Morgan fingerprint density at radius 2 is 2.50 bits per heavy atom. The summed E-state index contributed by atoms with van der Waals surface area (Å²) in [7, 11) is 0. The summed E-state index contributed by atoms with van der Waals surface area (Å²) in [5.74, 6) is 0.0666. The molecule has 0 fully saturated rings. The Balaban J connectivity index is 3.01. The van der Waals surface area contributed by atoms with Gasteiger partial charge in [-0.3, -0.25) is 0 Å². The monoisotopic (exact) mass is 204 g/mol. The van der Waals surface area contributed by atoms with Gasteiger partial charge in [-0.1, -0.05) is 15.9 Å². The fourth-order valence-corrected chi connectivity index (χ4v) is 1.12. The number of aromatic nitrogens is 1. The van der Waals surface area contributed by atoms with Gasteiger partial charge in [-0.25, -0.2) is 4.98 Å². The van der Waals surface area contributed by atoms with E-state index in [4.69, 9.17) is 0 Å². The van der Waals surface area contributed by atoms with Crippen LogP contribution in [0.5, 0.6) is 0 Å². The molecule has 0 aromatic carbocycles. The van der Waals surface area contributed by atoms with Crippen LogP contribution in [0.1, 0.15) is 5.56 Å². The minimum absolute atomic E-state index is 0.0666. The third kappa shape index (κ3) is 1.18. The van der Waals surface area contributed by atoms with E-state index in [2.05, 4.69) is 20.9 Å². The molecule has 0 aliphatic heterocycles. The predicted octanol–water partition coefficient (Wildman–Crippen LogP) is 1.82. The SMILES string of the molecule is O=[N+]([O-])c1[nH]ccc1CBr. The average molecular weight is 205 g/mol. The quantitative estimate of drug-likeness (QED) is 0.454. The average Bonchev–Trinajstić information content (AvgIpc) is 2.33. The summed E-state index contributed by atoms with van der Waals surface area (Å²) in [4.78, 5) is 12.3. The molecule has 0 aliphatic carbocycles. The van der Waals surface area contributed by atoms with Gasteiger partial charge in [0, 0.05) is 5.33 Å². The van der Waals surface area contributed by atoms with Crippen LogP contribution in [0, 0.1) is 10.1 Å². The van der Waals surface area contributed by atoms with E-state index in [-0.39, 0.29) is 5.82 Å². The molecule has 0 saturated carbocycles. The van der Waals surface area contributed by atoms with Gasteiger partial charge < -0.3 is 10.1 Å². The lowest BCUT2D eigenvalue weighted by atomic mass is 10.4. The molecule has 4 nitrogen and oxygen atoms in total. The largest absolute Gasteiger partial charge is 0.358 e. The predicted molar refractivity (Wildman–Crippen MR) is 40.1 cm³/mol. The van der Waals surface area contributed by atoms with Crippen LogP contribution in [0.15, 0.2) is 12.3 Å². The van der Waals surface area contributed by atoms with Gasteiger partial charge >= 0.3 is 5.82 Å². The number of H-pyrrole nitrogens is 1. The van der Waals surface area contributed by atoms with Crippen LogP contribution in [-0.4, -0.2) is 9.91 Å². The second-order valence-electron chi connectivity index (χ2n) is 1.74. The van der Waals surface area contributed by atoms with Crippen molar-refractivity contribution in [1.82, 2.24) is 4.98 Å². The molecule has 54 valence electrons. The number of hydrogen-bond donors (Lipinski definition) is 1. The Hall–Kier alpha value is -0.840. The lowest BCUT2D eigenvalue weighted by molar-refractivity contribution is -0.389. The Bertz CT molecular complexity index is 246. The Morgan fingerprint density at radius 1 is 1.80 bits per heavy atom. The van der Waals surface area contributed by atoms with Gasteiger partial charge in [0.05, 0.1) is 11.8 Å². The van der Waals surface area contributed by atoms with Crippen molar-refractivity contribution in [3.05, 3.63) is 27.9 Å². The first-order valence-electron chi connectivity index (χ1n) is 2.62. The maximum Gasteiger partial charge on any atom is 0.324 e. The number of nitrogens with zero attached hydrogens (tertiary/aromatic N) is 1. The van der Waals surface area contributed by atoms with Crippen LogP contribution < -0.4 is 0 Å². The van der Waals surface area contributed by atoms with Crippen molar-refractivity contribution >= 4 is 21.7 Å². The molecule has 1 rings (SSSR count). The van der Waals surface area contributed by atoms with Gasteiger partial charge in [0.25, 0.3) is 0 Å². The van der Waals surface area contributed by atoms with Crippen molar-refractivity contribution in [3.63, 3.8) is 0 Å². The van der Waals surface area contributed by atoms with Gasteiger partial charge in [-0.05, 0) is 11.0 Å². The van der Waals surface area contributed by atoms with E-state index in [0.29, 0.717) is 10.9 Å². The molecule has 5 heteroatoms. The van der Waals surface area contributed by atoms with Crippen LogP contribution >= 0.6 is 15.9 Å². The number of halogens is 1.